The molecule has 0 amide bonds. The molecule has 0 aromatic carbocycles. The van der Waals surface area contributed by atoms with E-state index in [4.69, 9.17) is 9.47 Å². The average Bonchev–Trinajstić information content (AvgIpc) is 3.05. The van der Waals surface area contributed by atoms with Crippen LogP contribution in [0, 0.1) is 61.8 Å². The number of hydrogen-bond acceptors (Lipinski definition) is 3. The van der Waals surface area contributed by atoms with Gasteiger partial charge >= 0.3 is 0 Å². The third kappa shape index (κ3) is 5.84. The van der Waals surface area contributed by atoms with Crippen molar-refractivity contribution in [2.45, 2.75) is 71.2 Å². The Labute approximate surface area is 159 Å². The van der Waals surface area contributed by atoms with Crippen molar-refractivity contribution in [2.24, 2.45) is 17.8 Å². The fourth-order valence-corrected chi connectivity index (χ4v) is 3.83. The van der Waals surface area contributed by atoms with Crippen LogP contribution >= 0.6 is 0 Å². The summed E-state index contributed by atoms with van der Waals surface area (Å²) in [5, 5.41) is 10.2. The van der Waals surface area contributed by atoms with Crippen molar-refractivity contribution in [1.29, 1.82) is 0 Å². The Morgan fingerprint density at radius 3 is 2.30 bits per heavy atom. The minimum Gasteiger partial charge on any atom is -0.393 e. The molecule has 1 aliphatic carbocycles. The summed E-state index contributed by atoms with van der Waals surface area (Å²) in [5.74, 6) is 2.46. The fraction of sp³-hybridized carbons (Fsp3) is 1.00. The fourth-order valence-electron chi connectivity index (χ4n) is 3.83. The minimum absolute atomic E-state index is 0. The summed E-state index contributed by atoms with van der Waals surface area (Å²) in [6.07, 6.45) is 7.64. The van der Waals surface area contributed by atoms with E-state index in [0.717, 1.165) is 37.0 Å². The van der Waals surface area contributed by atoms with E-state index in [9.17, 15) is 5.11 Å². The summed E-state index contributed by atoms with van der Waals surface area (Å²) in [6, 6.07) is 0. The van der Waals surface area contributed by atoms with Gasteiger partial charge in [0, 0.05) is 50.5 Å². The van der Waals surface area contributed by atoms with Crippen LogP contribution in [-0.2, 0) is 9.47 Å². The zero-order valence-corrected chi connectivity index (χ0v) is 17.8. The first-order valence-corrected chi connectivity index (χ1v) is 8.14. The monoisotopic (exact) mass is 497 g/mol. The van der Waals surface area contributed by atoms with Crippen LogP contribution in [0.3, 0.4) is 0 Å². The van der Waals surface area contributed by atoms with Gasteiger partial charge in [-0.15, -0.1) is 0 Å². The van der Waals surface area contributed by atoms with Gasteiger partial charge in [-0.05, 0) is 43.4 Å². The van der Waals surface area contributed by atoms with E-state index in [1.807, 2.05) is 0 Å². The Morgan fingerprint density at radius 1 is 1.05 bits per heavy atom. The second-order valence-electron chi connectivity index (χ2n) is 6.31. The van der Waals surface area contributed by atoms with Crippen LogP contribution in [0.4, 0.5) is 0 Å². The molecule has 0 spiro atoms. The van der Waals surface area contributed by atoms with Crippen molar-refractivity contribution >= 4 is 0 Å². The van der Waals surface area contributed by atoms with E-state index in [1.54, 1.807) is 0 Å². The Kier molecular flexibility index (Phi) is 9.84. The van der Waals surface area contributed by atoms with Crippen LogP contribution in [0.25, 0.3) is 0 Å². The van der Waals surface area contributed by atoms with Crippen molar-refractivity contribution in [1.82, 2.24) is 0 Å². The molecule has 4 heteroatoms. The molecular formula is C16H30AcO3. The molecular weight excluding hydrogens is 467 g/mol. The van der Waals surface area contributed by atoms with Gasteiger partial charge in [0.05, 0.1) is 19.3 Å². The number of rotatable bonds is 7. The van der Waals surface area contributed by atoms with Gasteiger partial charge in [0.1, 0.15) is 0 Å². The van der Waals surface area contributed by atoms with Crippen molar-refractivity contribution in [3.8, 4) is 0 Å². The summed E-state index contributed by atoms with van der Waals surface area (Å²) in [6.45, 7) is 6.01. The number of aliphatic hydroxyl groups is 1. The normalized spacial score (nSPS) is 32.2. The van der Waals surface area contributed by atoms with E-state index in [-0.39, 0.29) is 56.5 Å². The van der Waals surface area contributed by atoms with Gasteiger partial charge in [0.2, 0.25) is 0 Å². The standard InChI is InChI=1S/C16H30O3.Ac/c1-3-12-9-13(4-2)14(10-12)11-15(17)5-6-16-18-7-8-19-16;/h12-17H,3-11H2,1-2H3;. The number of hydrogen-bond donors (Lipinski definition) is 1. The van der Waals surface area contributed by atoms with Gasteiger partial charge in [-0.3, -0.25) is 0 Å². The van der Waals surface area contributed by atoms with Crippen LogP contribution < -0.4 is 0 Å². The molecule has 20 heavy (non-hydrogen) atoms. The van der Waals surface area contributed by atoms with Crippen molar-refractivity contribution in [3.05, 3.63) is 0 Å². The molecule has 3 nitrogen and oxygen atoms in total. The smallest absolute Gasteiger partial charge is 0.157 e. The number of ether oxygens (including phenoxy) is 2. The van der Waals surface area contributed by atoms with E-state index >= 15 is 0 Å². The second kappa shape index (κ2) is 10.2. The third-order valence-corrected chi connectivity index (χ3v) is 5.04. The van der Waals surface area contributed by atoms with Gasteiger partial charge in [-0.2, -0.15) is 0 Å². The molecule has 0 aromatic rings. The average molecular weight is 497 g/mol. The predicted octanol–water partition coefficient (Wildman–Crippen LogP) is 3.35. The van der Waals surface area contributed by atoms with E-state index in [2.05, 4.69) is 13.8 Å². The zero-order valence-electron chi connectivity index (χ0n) is 13.1. The molecule has 115 valence electrons. The van der Waals surface area contributed by atoms with Gasteiger partial charge in [-0.25, -0.2) is 0 Å². The van der Waals surface area contributed by atoms with Crippen LogP contribution in [0.5, 0.6) is 0 Å². The Hall–Kier alpha value is 1.32. The Balaban J connectivity index is 0.00000200. The van der Waals surface area contributed by atoms with Crippen molar-refractivity contribution < 1.29 is 58.6 Å². The quantitative estimate of drug-likeness (QED) is 0.587. The van der Waals surface area contributed by atoms with Crippen LogP contribution in [-0.4, -0.2) is 30.7 Å². The Bertz CT molecular complexity index is 256. The van der Waals surface area contributed by atoms with Crippen LogP contribution in [0.15, 0.2) is 0 Å². The first-order chi connectivity index (χ1) is 9.22. The molecule has 1 saturated heterocycles. The summed E-state index contributed by atoms with van der Waals surface area (Å²) < 4.78 is 10.8. The maximum atomic E-state index is 10.2. The number of aliphatic hydroxyl groups excluding tert-OH is 1. The molecule has 4 atom stereocenters. The molecule has 1 aliphatic heterocycles. The van der Waals surface area contributed by atoms with Gasteiger partial charge < -0.3 is 14.6 Å². The molecule has 0 bridgehead atoms. The van der Waals surface area contributed by atoms with Gasteiger partial charge in [0.25, 0.3) is 0 Å². The first kappa shape index (κ1) is 19.4. The maximum Gasteiger partial charge on any atom is 0.157 e. The Morgan fingerprint density at radius 2 is 1.70 bits per heavy atom. The largest absolute Gasteiger partial charge is 0.393 e. The zero-order chi connectivity index (χ0) is 13.7. The van der Waals surface area contributed by atoms with E-state index in [0.29, 0.717) is 13.2 Å². The van der Waals surface area contributed by atoms with Gasteiger partial charge in [0.15, 0.2) is 6.29 Å². The second-order valence-corrected chi connectivity index (χ2v) is 6.31. The molecule has 0 aromatic heterocycles. The molecule has 1 heterocycles. The van der Waals surface area contributed by atoms with Gasteiger partial charge in [-0.1, -0.05) is 26.7 Å². The van der Waals surface area contributed by atoms with E-state index < -0.39 is 0 Å². The molecule has 1 saturated carbocycles. The molecule has 4 unspecified atom stereocenters. The predicted molar refractivity (Wildman–Crippen MR) is 75.8 cm³/mol. The molecule has 2 fully saturated rings. The van der Waals surface area contributed by atoms with Crippen molar-refractivity contribution in [2.75, 3.05) is 13.2 Å². The summed E-state index contributed by atoms with van der Waals surface area (Å²) in [5.41, 5.74) is 0. The third-order valence-electron chi connectivity index (χ3n) is 5.04. The minimum atomic E-state index is -0.178. The summed E-state index contributed by atoms with van der Waals surface area (Å²) in [4.78, 5) is 0. The SMILES string of the molecule is CCC1CC(CC)C(CC(O)CCC2OCCO2)C1.[Ac]. The molecule has 1 N–H and O–H groups in total. The van der Waals surface area contributed by atoms with Crippen LogP contribution in [0.1, 0.15) is 58.8 Å². The molecule has 2 rings (SSSR count). The maximum absolute atomic E-state index is 10.2. The first-order valence-electron chi connectivity index (χ1n) is 8.14. The topological polar surface area (TPSA) is 38.7 Å². The summed E-state index contributed by atoms with van der Waals surface area (Å²) in [7, 11) is 0. The van der Waals surface area contributed by atoms with Crippen molar-refractivity contribution in [3.63, 3.8) is 0 Å². The summed E-state index contributed by atoms with van der Waals surface area (Å²) >= 11 is 0. The van der Waals surface area contributed by atoms with E-state index in [1.165, 1.54) is 25.7 Å². The molecule has 1 radical (unpaired) electrons. The molecule has 2 aliphatic rings. The van der Waals surface area contributed by atoms with Crippen LogP contribution in [0.2, 0.25) is 0 Å².